The summed E-state index contributed by atoms with van der Waals surface area (Å²) in [7, 11) is 0. The third kappa shape index (κ3) is 4.36. The Morgan fingerprint density at radius 3 is 2.60 bits per heavy atom. The van der Waals surface area contributed by atoms with E-state index in [2.05, 4.69) is 5.32 Å². The minimum atomic E-state index is -0.857. The second kappa shape index (κ2) is 4.68. The van der Waals surface area contributed by atoms with E-state index < -0.39 is 17.2 Å². The molecule has 1 rings (SSSR count). The minimum Gasteiger partial charge on any atom is -0.389 e. The molecule has 84 valence electrons. The molecule has 0 atom stereocenters. The fourth-order valence-electron chi connectivity index (χ4n) is 1.18. The smallest absolute Gasteiger partial charge is 0.127 e. The van der Waals surface area contributed by atoms with Crippen LogP contribution in [0.5, 0.6) is 0 Å². The van der Waals surface area contributed by atoms with Gasteiger partial charge >= 0.3 is 0 Å². The summed E-state index contributed by atoms with van der Waals surface area (Å²) in [6.07, 6.45) is 0. The van der Waals surface area contributed by atoms with Crippen LogP contribution in [0.2, 0.25) is 0 Å². The van der Waals surface area contributed by atoms with E-state index in [0.29, 0.717) is 6.54 Å². The molecule has 0 aliphatic carbocycles. The Morgan fingerprint density at radius 1 is 1.33 bits per heavy atom. The Bertz CT molecular complexity index is 334. The molecule has 0 heterocycles. The average molecular weight is 215 g/mol. The Kier molecular flexibility index (Phi) is 3.77. The number of hydrogen-bond acceptors (Lipinski definition) is 2. The molecule has 0 radical (unpaired) electrons. The van der Waals surface area contributed by atoms with Gasteiger partial charge < -0.3 is 10.4 Å². The molecule has 2 N–H and O–H groups in total. The van der Waals surface area contributed by atoms with Crippen LogP contribution in [-0.2, 0) is 6.54 Å². The summed E-state index contributed by atoms with van der Waals surface area (Å²) in [6.45, 7) is 3.81. The molecule has 0 aliphatic rings. The molecule has 0 unspecified atom stereocenters. The lowest BCUT2D eigenvalue weighted by Gasteiger charge is -2.17. The molecule has 0 spiro atoms. The number of nitrogens with one attached hydrogen (secondary N) is 1. The number of hydrogen-bond donors (Lipinski definition) is 2. The Morgan fingerprint density at radius 2 is 2.00 bits per heavy atom. The van der Waals surface area contributed by atoms with Gasteiger partial charge in [-0.2, -0.15) is 0 Å². The Hall–Kier alpha value is -1.00. The fourth-order valence-corrected chi connectivity index (χ4v) is 1.18. The molecule has 4 heteroatoms. The summed E-state index contributed by atoms with van der Waals surface area (Å²) < 4.78 is 25.9. The first-order chi connectivity index (χ1) is 6.88. The van der Waals surface area contributed by atoms with E-state index in [0.717, 1.165) is 18.2 Å². The maximum atomic E-state index is 13.1. The highest BCUT2D eigenvalue weighted by Gasteiger charge is 2.12. The highest BCUT2D eigenvalue weighted by molar-refractivity contribution is 5.18. The predicted octanol–water partition coefficient (Wildman–Crippen LogP) is 1.83. The van der Waals surface area contributed by atoms with Gasteiger partial charge in [0.05, 0.1) is 5.60 Å². The summed E-state index contributed by atoms with van der Waals surface area (Å²) in [5.41, 5.74) is -0.594. The topological polar surface area (TPSA) is 32.3 Å². The van der Waals surface area contributed by atoms with E-state index in [1.54, 1.807) is 13.8 Å². The molecule has 2 nitrogen and oxygen atoms in total. The van der Waals surface area contributed by atoms with Crippen LogP contribution in [0.1, 0.15) is 19.4 Å². The van der Waals surface area contributed by atoms with Crippen molar-refractivity contribution in [3.63, 3.8) is 0 Å². The lowest BCUT2D eigenvalue weighted by molar-refractivity contribution is 0.0794. The molecular weight excluding hydrogens is 200 g/mol. The second-order valence-corrected chi connectivity index (χ2v) is 4.15. The lowest BCUT2D eigenvalue weighted by Crippen LogP contribution is -2.34. The zero-order valence-corrected chi connectivity index (χ0v) is 8.85. The minimum absolute atomic E-state index is 0.202. The fraction of sp³-hybridized carbons (Fsp3) is 0.455. The van der Waals surface area contributed by atoms with Crippen LogP contribution >= 0.6 is 0 Å². The van der Waals surface area contributed by atoms with E-state index in [1.165, 1.54) is 0 Å². The van der Waals surface area contributed by atoms with Crippen molar-refractivity contribution in [1.29, 1.82) is 0 Å². The first-order valence-corrected chi connectivity index (χ1v) is 4.75. The van der Waals surface area contributed by atoms with E-state index in [9.17, 15) is 13.9 Å². The highest BCUT2D eigenvalue weighted by Crippen LogP contribution is 2.09. The molecule has 1 aromatic carbocycles. The molecular formula is C11H15F2NO. The van der Waals surface area contributed by atoms with Gasteiger partial charge in [0.2, 0.25) is 0 Å². The molecule has 1 aromatic rings. The van der Waals surface area contributed by atoms with Crippen LogP contribution in [0.15, 0.2) is 18.2 Å². The molecule has 0 saturated heterocycles. The predicted molar refractivity (Wildman–Crippen MR) is 54.4 cm³/mol. The third-order valence-corrected chi connectivity index (χ3v) is 1.88. The summed E-state index contributed by atoms with van der Waals surface area (Å²) in [6, 6.07) is 3.32. The van der Waals surface area contributed by atoms with Crippen LogP contribution in [0.4, 0.5) is 8.78 Å². The van der Waals surface area contributed by atoms with Crippen molar-refractivity contribution in [2.45, 2.75) is 26.0 Å². The molecule has 0 bridgehead atoms. The van der Waals surface area contributed by atoms with Gasteiger partial charge in [0, 0.05) is 18.7 Å². The summed E-state index contributed by atoms with van der Waals surface area (Å²) in [5, 5.41) is 12.2. The van der Waals surface area contributed by atoms with Gasteiger partial charge in [-0.05, 0) is 32.0 Å². The molecule has 15 heavy (non-hydrogen) atoms. The van der Waals surface area contributed by atoms with Crippen molar-refractivity contribution >= 4 is 0 Å². The average Bonchev–Trinajstić information content (AvgIpc) is 2.09. The van der Waals surface area contributed by atoms with Gasteiger partial charge in [0.25, 0.3) is 0 Å². The van der Waals surface area contributed by atoms with E-state index in [4.69, 9.17) is 0 Å². The zero-order valence-electron chi connectivity index (χ0n) is 8.85. The van der Waals surface area contributed by atoms with Crippen LogP contribution < -0.4 is 5.32 Å². The van der Waals surface area contributed by atoms with Crippen LogP contribution in [0, 0.1) is 11.6 Å². The van der Waals surface area contributed by atoms with E-state index in [-0.39, 0.29) is 12.1 Å². The normalized spacial score (nSPS) is 11.8. The van der Waals surface area contributed by atoms with Crippen molar-refractivity contribution in [1.82, 2.24) is 5.32 Å². The quantitative estimate of drug-likeness (QED) is 0.803. The van der Waals surface area contributed by atoms with Gasteiger partial charge in [0.1, 0.15) is 11.6 Å². The largest absolute Gasteiger partial charge is 0.389 e. The van der Waals surface area contributed by atoms with Crippen LogP contribution in [-0.4, -0.2) is 17.3 Å². The monoisotopic (exact) mass is 215 g/mol. The first kappa shape index (κ1) is 12.1. The molecule has 0 saturated carbocycles. The Labute approximate surface area is 87.9 Å². The summed E-state index contributed by atoms with van der Waals surface area (Å²) in [4.78, 5) is 0. The molecule has 0 aromatic heterocycles. The maximum Gasteiger partial charge on any atom is 0.127 e. The third-order valence-electron chi connectivity index (χ3n) is 1.88. The maximum absolute atomic E-state index is 13.1. The zero-order chi connectivity index (χ0) is 11.5. The molecule has 0 fully saturated rings. The first-order valence-electron chi connectivity index (χ1n) is 4.75. The van der Waals surface area contributed by atoms with Crippen molar-refractivity contribution in [2.24, 2.45) is 0 Å². The van der Waals surface area contributed by atoms with E-state index >= 15 is 0 Å². The van der Waals surface area contributed by atoms with E-state index in [1.807, 2.05) is 0 Å². The van der Waals surface area contributed by atoms with Crippen molar-refractivity contribution in [3.05, 3.63) is 35.4 Å². The van der Waals surface area contributed by atoms with Gasteiger partial charge in [-0.1, -0.05) is 0 Å². The van der Waals surface area contributed by atoms with Crippen molar-refractivity contribution in [2.75, 3.05) is 6.54 Å². The van der Waals surface area contributed by atoms with Crippen molar-refractivity contribution < 1.29 is 13.9 Å². The number of benzene rings is 1. The van der Waals surface area contributed by atoms with Gasteiger partial charge in [0.15, 0.2) is 0 Å². The SMILES string of the molecule is CC(C)(O)CNCc1cc(F)ccc1F. The van der Waals surface area contributed by atoms with Crippen LogP contribution in [0.25, 0.3) is 0 Å². The standard InChI is InChI=1S/C11H15F2NO/c1-11(2,15)7-14-6-8-5-9(12)3-4-10(8)13/h3-5,14-15H,6-7H2,1-2H3. The second-order valence-electron chi connectivity index (χ2n) is 4.15. The molecule has 0 amide bonds. The van der Waals surface area contributed by atoms with Gasteiger partial charge in [-0.25, -0.2) is 8.78 Å². The summed E-state index contributed by atoms with van der Waals surface area (Å²) >= 11 is 0. The Balaban J connectivity index is 2.54. The summed E-state index contributed by atoms with van der Waals surface area (Å²) in [5.74, 6) is -0.906. The number of aliphatic hydroxyl groups is 1. The van der Waals surface area contributed by atoms with Gasteiger partial charge in [-0.15, -0.1) is 0 Å². The van der Waals surface area contributed by atoms with Crippen LogP contribution in [0.3, 0.4) is 0 Å². The number of rotatable bonds is 4. The number of halogens is 2. The van der Waals surface area contributed by atoms with Gasteiger partial charge in [-0.3, -0.25) is 0 Å². The lowest BCUT2D eigenvalue weighted by atomic mass is 10.1. The molecule has 0 aliphatic heterocycles. The van der Waals surface area contributed by atoms with Crippen molar-refractivity contribution in [3.8, 4) is 0 Å². The highest BCUT2D eigenvalue weighted by atomic mass is 19.1.